The molecule has 0 aromatic carbocycles. The lowest BCUT2D eigenvalue weighted by Crippen LogP contribution is -2.11. The maximum Gasteiger partial charge on any atom is 0.303 e. The van der Waals surface area contributed by atoms with Gasteiger partial charge in [-0.2, -0.15) is 0 Å². The Labute approximate surface area is 106 Å². The van der Waals surface area contributed by atoms with Crippen LogP contribution in [0.15, 0.2) is 22.0 Å². The van der Waals surface area contributed by atoms with Crippen molar-refractivity contribution in [1.29, 1.82) is 0 Å². The van der Waals surface area contributed by atoms with Crippen LogP contribution in [0, 0.1) is 5.41 Å². The number of aromatic nitrogens is 2. The van der Waals surface area contributed by atoms with Crippen molar-refractivity contribution in [3.8, 4) is 0 Å². The van der Waals surface area contributed by atoms with E-state index in [1.807, 2.05) is 0 Å². The fourth-order valence-electron chi connectivity index (χ4n) is 1.46. The molecule has 1 aromatic heterocycles. The van der Waals surface area contributed by atoms with Crippen LogP contribution >= 0.6 is 27.7 Å². The molecular weight excluding hydrogens is 292 g/mol. The minimum atomic E-state index is -0.713. The van der Waals surface area contributed by atoms with Gasteiger partial charge in [0.15, 0.2) is 5.16 Å². The van der Waals surface area contributed by atoms with E-state index in [4.69, 9.17) is 5.11 Å². The molecule has 1 aliphatic rings. The van der Waals surface area contributed by atoms with Crippen LogP contribution in [0.1, 0.15) is 19.3 Å². The summed E-state index contributed by atoms with van der Waals surface area (Å²) in [5, 5.41) is 9.48. The maximum atomic E-state index is 10.7. The molecule has 1 fully saturated rings. The Morgan fingerprint density at radius 1 is 1.50 bits per heavy atom. The number of aliphatic carboxylic acids is 1. The molecule has 0 radical (unpaired) electrons. The van der Waals surface area contributed by atoms with Crippen molar-refractivity contribution in [2.24, 2.45) is 5.41 Å². The number of halogens is 1. The molecule has 1 heterocycles. The smallest absolute Gasteiger partial charge is 0.303 e. The van der Waals surface area contributed by atoms with Crippen LogP contribution in [0.5, 0.6) is 0 Å². The molecule has 1 aromatic rings. The molecule has 0 aliphatic heterocycles. The van der Waals surface area contributed by atoms with Crippen LogP contribution in [-0.2, 0) is 4.79 Å². The highest BCUT2D eigenvalue weighted by Gasteiger charge is 2.44. The molecule has 0 amide bonds. The summed E-state index contributed by atoms with van der Waals surface area (Å²) in [6, 6.07) is 0. The predicted molar refractivity (Wildman–Crippen MR) is 64.4 cm³/mol. The molecule has 86 valence electrons. The number of carboxylic acid groups (broad SMARTS) is 1. The Morgan fingerprint density at radius 3 is 2.62 bits per heavy atom. The highest BCUT2D eigenvalue weighted by molar-refractivity contribution is 9.10. The number of hydrogen-bond acceptors (Lipinski definition) is 4. The molecule has 0 atom stereocenters. The van der Waals surface area contributed by atoms with Gasteiger partial charge in [-0.3, -0.25) is 4.79 Å². The average Bonchev–Trinajstić information content (AvgIpc) is 2.97. The van der Waals surface area contributed by atoms with Crippen LogP contribution < -0.4 is 0 Å². The number of rotatable bonds is 5. The van der Waals surface area contributed by atoms with Gasteiger partial charge in [-0.15, -0.1) is 0 Å². The normalized spacial score (nSPS) is 17.1. The zero-order valence-electron chi connectivity index (χ0n) is 8.52. The molecule has 0 bridgehead atoms. The summed E-state index contributed by atoms with van der Waals surface area (Å²) in [6.45, 7) is 0. The lowest BCUT2D eigenvalue weighted by atomic mass is 10.1. The lowest BCUT2D eigenvalue weighted by Gasteiger charge is -2.10. The SMILES string of the molecule is O=C(O)CC1(CSc2ncc(Br)cn2)CC1. The molecule has 1 N–H and O–H groups in total. The van der Waals surface area contributed by atoms with Gasteiger partial charge in [0, 0.05) is 18.1 Å². The Balaban J connectivity index is 1.87. The second-order valence-corrected chi connectivity index (χ2v) is 5.90. The minimum absolute atomic E-state index is 0.00701. The lowest BCUT2D eigenvalue weighted by molar-refractivity contribution is -0.138. The number of hydrogen-bond donors (Lipinski definition) is 1. The molecule has 4 nitrogen and oxygen atoms in total. The van der Waals surface area contributed by atoms with E-state index in [0.29, 0.717) is 5.16 Å². The second-order valence-electron chi connectivity index (χ2n) is 4.04. The fraction of sp³-hybridized carbons (Fsp3) is 0.500. The van der Waals surface area contributed by atoms with E-state index in [1.165, 1.54) is 11.8 Å². The number of carboxylic acids is 1. The summed E-state index contributed by atoms with van der Waals surface area (Å²) >= 11 is 4.80. The minimum Gasteiger partial charge on any atom is -0.481 e. The van der Waals surface area contributed by atoms with E-state index in [0.717, 1.165) is 23.1 Å². The van der Waals surface area contributed by atoms with Gasteiger partial charge in [0.25, 0.3) is 0 Å². The zero-order valence-corrected chi connectivity index (χ0v) is 10.9. The van der Waals surface area contributed by atoms with E-state index in [-0.39, 0.29) is 11.8 Å². The molecule has 0 unspecified atom stereocenters. The Morgan fingerprint density at radius 2 is 2.12 bits per heavy atom. The van der Waals surface area contributed by atoms with E-state index in [9.17, 15) is 4.79 Å². The van der Waals surface area contributed by atoms with Crippen LogP contribution in [-0.4, -0.2) is 26.8 Å². The first-order valence-electron chi connectivity index (χ1n) is 4.92. The number of thioether (sulfide) groups is 1. The summed E-state index contributed by atoms with van der Waals surface area (Å²) in [7, 11) is 0. The largest absolute Gasteiger partial charge is 0.481 e. The van der Waals surface area contributed by atoms with Gasteiger partial charge in [-0.05, 0) is 34.2 Å². The van der Waals surface area contributed by atoms with Crippen molar-refractivity contribution in [2.75, 3.05) is 5.75 Å². The van der Waals surface area contributed by atoms with E-state index < -0.39 is 5.97 Å². The van der Waals surface area contributed by atoms with Gasteiger partial charge in [-0.1, -0.05) is 11.8 Å². The summed E-state index contributed by atoms with van der Waals surface area (Å²) in [5.74, 6) is 0.0795. The Hall–Kier alpha value is -0.620. The second kappa shape index (κ2) is 4.71. The van der Waals surface area contributed by atoms with Crippen LogP contribution in [0.3, 0.4) is 0 Å². The maximum absolute atomic E-state index is 10.7. The first-order chi connectivity index (χ1) is 7.60. The third-order valence-electron chi connectivity index (χ3n) is 2.59. The van der Waals surface area contributed by atoms with Gasteiger partial charge < -0.3 is 5.11 Å². The molecule has 1 aliphatic carbocycles. The topological polar surface area (TPSA) is 63.1 Å². The first kappa shape index (κ1) is 11.9. The van der Waals surface area contributed by atoms with Crippen LogP contribution in [0.4, 0.5) is 0 Å². The standard InChI is InChI=1S/C10H11BrN2O2S/c11-7-4-12-9(13-5-7)16-6-10(1-2-10)3-8(14)15/h4-5H,1-3,6H2,(H,14,15). The summed E-state index contributed by atoms with van der Waals surface area (Å²) in [4.78, 5) is 19.0. The van der Waals surface area contributed by atoms with E-state index >= 15 is 0 Å². The summed E-state index contributed by atoms with van der Waals surface area (Å²) < 4.78 is 0.850. The third kappa shape index (κ3) is 3.18. The van der Waals surface area contributed by atoms with Crippen molar-refractivity contribution < 1.29 is 9.90 Å². The first-order valence-corrected chi connectivity index (χ1v) is 6.70. The van der Waals surface area contributed by atoms with Crippen molar-refractivity contribution in [2.45, 2.75) is 24.4 Å². The summed E-state index contributed by atoms with van der Waals surface area (Å²) in [6.07, 6.45) is 5.67. The van der Waals surface area contributed by atoms with Crippen molar-refractivity contribution in [1.82, 2.24) is 9.97 Å². The molecule has 2 rings (SSSR count). The van der Waals surface area contributed by atoms with Gasteiger partial charge in [0.05, 0.1) is 10.9 Å². The Bertz CT molecular complexity index is 392. The van der Waals surface area contributed by atoms with Crippen molar-refractivity contribution in [3.05, 3.63) is 16.9 Å². The quantitative estimate of drug-likeness (QED) is 0.669. The molecule has 0 saturated heterocycles. The Kier molecular flexibility index (Phi) is 3.49. The van der Waals surface area contributed by atoms with E-state index in [1.54, 1.807) is 12.4 Å². The highest BCUT2D eigenvalue weighted by atomic mass is 79.9. The predicted octanol–water partition coefficient (Wildman–Crippen LogP) is 2.59. The molecule has 1 saturated carbocycles. The summed E-state index contributed by atoms with van der Waals surface area (Å²) in [5.41, 5.74) is -0.00701. The van der Waals surface area contributed by atoms with Crippen molar-refractivity contribution in [3.63, 3.8) is 0 Å². The number of carbonyl (C=O) groups is 1. The molecule has 16 heavy (non-hydrogen) atoms. The van der Waals surface area contributed by atoms with Gasteiger partial charge in [0.1, 0.15) is 0 Å². The van der Waals surface area contributed by atoms with Crippen LogP contribution in [0.2, 0.25) is 0 Å². The highest BCUT2D eigenvalue weighted by Crippen LogP contribution is 2.51. The zero-order chi connectivity index (χ0) is 11.6. The molecular formula is C10H11BrN2O2S. The third-order valence-corrected chi connectivity index (χ3v) is 4.22. The van der Waals surface area contributed by atoms with E-state index in [2.05, 4.69) is 25.9 Å². The van der Waals surface area contributed by atoms with Gasteiger partial charge >= 0.3 is 5.97 Å². The van der Waals surface area contributed by atoms with Gasteiger partial charge in [-0.25, -0.2) is 9.97 Å². The van der Waals surface area contributed by atoms with Gasteiger partial charge in [0.2, 0.25) is 0 Å². The molecule has 6 heteroatoms. The van der Waals surface area contributed by atoms with Crippen LogP contribution in [0.25, 0.3) is 0 Å². The fourth-order valence-corrected chi connectivity index (χ4v) is 2.75. The molecule has 0 spiro atoms. The monoisotopic (exact) mass is 302 g/mol. The number of nitrogens with zero attached hydrogens (tertiary/aromatic N) is 2. The van der Waals surface area contributed by atoms with Crippen molar-refractivity contribution >= 4 is 33.7 Å². The average molecular weight is 303 g/mol.